The zero-order valence-corrected chi connectivity index (χ0v) is 16.3. The van der Waals surface area contributed by atoms with Crippen LogP contribution < -0.4 is 19.6 Å². The van der Waals surface area contributed by atoms with Gasteiger partial charge < -0.3 is 14.2 Å². The minimum absolute atomic E-state index is 0.278. The molecule has 0 aromatic heterocycles. The van der Waals surface area contributed by atoms with Gasteiger partial charge in [0.2, 0.25) is 5.75 Å². The van der Waals surface area contributed by atoms with Crippen LogP contribution in [0, 0.1) is 5.92 Å². The van der Waals surface area contributed by atoms with Gasteiger partial charge in [0.05, 0.1) is 19.8 Å². The summed E-state index contributed by atoms with van der Waals surface area (Å²) in [5, 5.41) is 4.35. The number of rotatable bonds is 8. The highest BCUT2D eigenvalue weighted by atomic mass is 16.5. The van der Waals surface area contributed by atoms with Crippen LogP contribution in [-0.4, -0.2) is 31.4 Å². The molecule has 1 aliphatic carbocycles. The average Bonchev–Trinajstić information content (AvgIpc) is 2.63. The van der Waals surface area contributed by atoms with Crippen LogP contribution in [0.5, 0.6) is 17.2 Å². The van der Waals surface area contributed by atoms with Crippen LogP contribution in [0.2, 0.25) is 0 Å². The van der Waals surface area contributed by atoms with Crippen molar-refractivity contribution in [2.24, 2.45) is 11.0 Å². The van der Waals surface area contributed by atoms with Gasteiger partial charge in [-0.3, -0.25) is 4.79 Å². The van der Waals surface area contributed by atoms with Gasteiger partial charge >= 0.3 is 0 Å². The van der Waals surface area contributed by atoms with Gasteiger partial charge in [-0.05, 0) is 58.1 Å². The standard InChI is InChI=1S/C20H30N2O4/c1-5-24-17-12-15(13-18(25-6-2)19(17)26-7-3)20(23)22-21-16-11-9-8-10-14(16)4/h12-14H,5-11H2,1-4H3,(H,22,23). The Bertz CT molecular complexity index is 616. The highest BCUT2D eigenvalue weighted by molar-refractivity contribution is 5.97. The first kappa shape index (κ1) is 20.1. The summed E-state index contributed by atoms with van der Waals surface area (Å²) >= 11 is 0. The maximum Gasteiger partial charge on any atom is 0.271 e. The summed E-state index contributed by atoms with van der Waals surface area (Å²) in [7, 11) is 0. The number of hydrogen-bond donors (Lipinski definition) is 1. The second-order valence-electron chi connectivity index (χ2n) is 6.29. The van der Waals surface area contributed by atoms with Crippen molar-refractivity contribution in [2.45, 2.75) is 53.4 Å². The van der Waals surface area contributed by atoms with Gasteiger partial charge in [0, 0.05) is 11.3 Å². The molecule has 2 rings (SSSR count). The Morgan fingerprint density at radius 3 is 2.23 bits per heavy atom. The van der Waals surface area contributed by atoms with E-state index in [1.807, 2.05) is 20.8 Å². The monoisotopic (exact) mass is 362 g/mol. The molecule has 0 aliphatic heterocycles. The van der Waals surface area contributed by atoms with Crippen LogP contribution in [-0.2, 0) is 0 Å². The lowest BCUT2D eigenvalue weighted by Crippen LogP contribution is -2.24. The fraction of sp³-hybridized carbons (Fsp3) is 0.600. The summed E-state index contributed by atoms with van der Waals surface area (Å²) < 4.78 is 17.0. The van der Waals surface area contributed by atoms with E-state index >= 15 is 0 Å². The molecule has 1 aliphatic rings. The van der Waals surface area contributed by atoms with Gasteiger partial charge in [0.25, 0.3) is 5.91 Å². The molecule has 0 spiro atoms. The molecular formula is C20H30N2O4. The van der Waals surface area contributed by atoms with Crippen LogP contribution in [0.3, 0.4) is 0 Å². The predicted molar refractivity (Wildman–Crippen MR) is 102 cm³/mol. The Morgan fingerprint density at radius 1 is 1.08 bits per heavy atom. The molecule has 0 radical (unpaired) electrons. The number of hydrogen-bond acceptors (Lipinski definition) is 5. The van der Waals surface area contributed by atoms with Gasteiger partial charge in [-0.2, -0.15) is 5.10 Å². The molecule has 1 N–H and O–H groups in total. The summed E-state index contributed by atoms with van der Waals surface area (Å²) in [6.45, 7) is 9.25. The topological polar surface area (TPSA) is 69.2 Å². The lowest BCUT2D eigenvalue weighted by atomic mass is 9.89. The van der Waals surface area contributed by atoms with Gasteiger partial charge in [-0.15, -0.1) is 0 Å². The molecular weight excluding hydrogens is 332 g/mol. The number of amides is 1. The zero-order chi connectivity index (χ0) is 18.9. The van der Waals surface area contributed by atoms with Crippen molar-refractivity contribution in [1.82, 2.24) is 5.43 Å². The molecule has 0 bridgehead atoms. The van der Waals surface area contributed by atoms with Crippen molar-refractivity contribution < 1.29 is 19.0 Å². The minimum atomic E-state index is -0.278. The van der Waals surface area contributed by atoms with Crippen molar-refractivity contribution in [3.05, 3.63) is 17.7 Å². The molecule has 144 valence electrons. The van der Waals surface area contributed by atoms with Crippen LogP contribution in [0.4, 0.5) is 0 Å². The molecule has 1 amide bonds. The molecule has 0 saturated heterocycles. The number of nitrogens with one attached hydrogen (secondary N) is 1. The summed E-state index contributed by atoms with van der Waals surface area (Å²) in [5.74, 6) is 1.68. The highest BCUT2D eigenvalue weighted by Gasteiger charge is 2.19. The number of hydrazone groups is 1. The number of carbonyl (C=O) groups is 1. The van der Waals surface area contributed by atoms with Crippen LogP contribution >= 0.6 is 0 Å². The fourth-order valence-electron chi connectivity index (χ4n) is 3.04. The summed E-state index contributed by atoms with van der Waals surface area (Å²) in [5.41, 5.74) is 4.19. The third-order valence-corrected chi connectivity index (χ3v) is 4.36. The highest BCUT2D eigenvalue weighted by Crippen LogP contribution is 2.39. The van der Waals surface area contributed by atoms with E-state index in [4.69, 9.17) is 14.2 Å². The molecule has 1 unspecified atom stereocenters. The largest absolute Gasteiger partial charge is 0.490 e. The van der Waals surface area contributed by atoms with E-state index in [2.05, 4.69) is 17.5 Å². The Labute approximate surface area is 155 Å². The van der Waals surface area contributed by atoms with Crippen LogP contribution in [0.25, 0.3) is 0 Å². The Hall–Kier alpha value is -2.24. The Balaban J connectivity index is 2.26. The third kappa shape index (κ3) is 5.13. The molecule has 1 fully saturated rings. The second kappa shape index (κ2) is 10.0. The third-order valence-electron chi connectivity index (χ3n) is 4.36. The quantitative estimate of drug-likeness (QED) is 0.705. The Kier molecular flexibility index (Phi) is 7.75. The second-order valence-corrected chi connectivity index (χ2v) is 6.29. The molecule has 0 heterocycles. The number of carbonyl (C=O) groups excluding carboxylic acids is 1. The molecule has 26 heavy (non-hydrogen) atoms. The lowest BCUT2D eigenvalue weighted by Gasteiger charge is -2.20. The molecule has 1 atom stereocenters. The maximum atomic E-state index is 12.6. The number of benzene rings is 1. The van der Waals surface area contributed by atoms with Crippen molar-refractivity contribution in [1.29, 1.82) is 0 Å². The molecule has 1 aromatic carbocycles. The summed E-state index contributed by atoms with van der Waals surface area (Å²) in [6, 6.07) is 3.35. The van der Waals surface area contributed by atoms with Gasteiger partial charge in [-0.1, -0.05) is 13.3 Å². The van der Waals surface area contributed by atoms with E-state index in [0.29, 0.717) is 48.6 Å². The van der Waals surface area contributed by atoms with Gasteiger partial charge in [-0.25, -0.2) is 5.43 Å². The number of nitrogens with zero attached hydrogens (tertiary/aromatic N) is 1. The summed E-state index contributed by atoms with van der Waals surface area (Å²) in [4.78, 5) is 12.6. The van der Waals surface area contributed by atoms with Crippen LogP contribution in [0.1, 0.15) is 63.7 Å². The first-order valence-electron chi connectivity index (χ1n) is 9.53. The van der Waals surface area contributed by atoms with E-state index in [9.17, 15) is 4.79 Å². The van der Waals surface area contributed by atoms with E-state index in [-0.39, 0.29) is 5.91 Å². The SMILES string of the molecule is CCOc1cc(C(=O)NN=C2CCCCC2C)cc(OCC)c1OCC. The van der Waals surface area contributed by atoms with Gasteiger partial charge in [0.1, 0.15) is 0 Å². The molecule has 6 heteroatoms. The van der Waals surface area contributed by atoms with E-state index in [1.165, 1.54) is 6.42 Å². The minimum Gasteiger partial charge on any atom is -0.490 e. The lowest BCUT2D eigenvalue weighted by molar-refractivity contribution is 0.0953. The maximum absolute atomic E-state index is 12.6. The molecule has 1 aromatic rings. The van der Waals surface area contributed by atoms with Gasteiger partial charge in [0.15, 0.2) is 11.5 Å². The normalized spacial score (nSPS) is 18.5. The summed E-state index contributed by atoms with van der Waals surface area (Å²) in [6.07, 6.45) is 4.42. The van der Waals surface area contributed by atoms with E-state index < -0.39 is 0 Å². The van der Waals surface area contributed by atoms with Crippen molar-refractivity contribution >= 4 is 11.6 Å². The van der Waals surface area contributed by atoms with E-state index in [0.717, 1.165) is 25.0 Å². The first-order valence-corrected chi connectivity index (χ1v) is 9.53. The smallest absolute Gasteiger partial charge is 0.271 e. The number of ether oxygens (including phenoxy) is 3. The van der Waals surface area contributed by atoms with E-state index in [1.54, 1.807) is 12.1 Å². The fourth-order valence-corrected chi connectivity index (χ4v) is 3.04. The molecule has 1 saturated carbocycles. The predicted octanol–water partition coefficient (Wildman–Crippen LogP) is 4.18. The van der Waals surface area contributed by atoms with Crippen molar-refractivity contribution in [3.8, 4) is 17.2 Å². The first-order chi connectivity index (χ1) is 12.6. The van der Waals surface area contributed by atoms with Crippen LogP contribution in [0.15, 0.2) is 17.2 Å². The molecule has 6 nitrogen and oxygen atoms in total. The Morgan fingerprint density at radius 2 is 1.69 bits per heavy atom. The van der Waals surface area contributed by atoms with Crippen molar-refractivity contribution in [2.75, 3.05) is 19.8 Å². The van der Waals surface area contributed by atoms with Crippen molar-refractivity contribution in [3.63, 3.8) is 0 Å². The average molecular weight is 362 g/mol. The zero-order valence-electron chi connectivity index (χ0n) is 16.3.